The molecule has 0 aromatic heterocycles. The predicted molar refractivity (Wildman–Crippen MR) is 151 cm³/mol. The number of allylic oxidation sites excluding steroid dienone is 4. The molecule has 0 saturated heterocycles. The zero-order valence-electron chi connectivity index (χ0n) is 23.3. The number of rotatable bonds is 10. The Bertz CT molecular complexity index is 879. The summed E-state index contributed by atoms with van der Waals surface area (Å²) in [6.07, 6.45) is 9.48. The Morgan fingerprint density at radius 1 is 0.818 bits per heavy atom. The van der Waals surface area contributed by atoms with E-state index in [4.69, 9.17) is 0 Å². The van der Waals surface area contributed by atoms with Crippen molar-refractivity contribution in [2.24, 2.45) is 11.8 Å². The molecule has 3 unspecified atom stereocenters. The van der Waals surface area contributed by atoms with Gasteiger partial charge in [-0.05, 0) is 92.5 Å². The van der Waals surface area contributed by atoms with E-state index in [0.717, 1.165) is 18.3 Å². The standard InChI is InChI=1S/C31H44.C2H6/c1-9-22(2)18-25(5)19-28(8)30-17-14-27(7)31(21-30)20-24(4)10-13-26(6)29-15-11-23(3)12-16-29;1-2/h10-17,21-22,25,28H,9,18-20H2,1-8H3;1-2H3/b24-10+,26-13+;. The van der Waals surface area contributed by atoms with Crippen LogP contribution < -0.4 is 0 Å². The van der Waals surface area contributed by atoms with E-state index in [-0.39, 0.29) is 0 Å². The minimum atomic E-state index is 0.617. The van der Waals surface area contributed by atoms with Gasteiger partial charge in [0.1, 0.15) is 0 Å². The van der Waals surface area contributed by atoms with Gasteiger partial charge in [0, 0.05) is 0 Å². The molecule has 0 saturated carbocycles. The lowest BCUT2D eigenvalue weighted by Crippen LogP contribution is -2.07. The maximum Gasteiger partial charge on any atom is -0.00640 e. The van der Waals surface area contributed by atoms with Gasteiger partial charge in [-0.25, -0.2) is 0 Å². The van der Waals surface area contributed by atoms with Gasteiger partial charge in [-0.3, -0.25) is 0 Å². The third-order valence-electron chi connectivity index (χ3n) is 6.79. The first-order valence-corrected chi connectivity index (χ1v) is 13.2. The van der Waals surface area contributed by atoms with Gasteiger partial charge >= 0.3 is 0 Å². The second-order valence-corrected chi connectivity index (χ2v) is 10.1. The Morgan fingerprint density at radius 3 is 2.06 bits per heavy atom. The molecule has 0 nitrogen and oxygen atoms in total. The molecule has 0 aliphatic heterocycles. The number of hydrogen-bond acceptors (Lipinski definition) is 0. The van der Waals surface area contributed by atoms with Crippen molar-refractivity contribution < 1.29 is 0 Å². The van der Waals surface area contributed by atoms with Gasteiger partial charge in [0.2, 0.25) is 0 Å². The molecule has 0 aliphatic rings. The molecule has 0 heterocycles. The molecule has 2 aromatic rings. The van der Waals surface area contributed by atoms with Crippen molar-refractivity contribution in [3.05, 3.63) is 88.0 Å². The van der Waals surface area contributed by atoms with Gasteiger partial charge < -0.3 is 0 Å². The van der Waals surface area contributed by atoms with Crippen LogP contribution >= 0.6 is 0 Å². The lowest BCUT2D eigenvalue weighted by atomic mass is 9.84. The van der Waals surface area contributed by atoms with Crippen molar-refractivity contribution in [1.82, 2.24) is 0 Å². The van der Waals surface area contributed by atoms with E-state index in [2.05, 4.69) is 110 Å². The summed E-state index contributed by atoms with van der Waals surface area (Å²) in [5.74, 6) is 2.23. The Balaban J connectivity index is 0.00000265. The second kappa shape index (κ2) is 14.9. The van der Waals surface area contributed by atoms with Gasteiger partial charge in [0.15, 0.2) is 0 Å². The molecule has 0 radical (unpaired) electrons. The number of hydrogen-bond donors (Lipinski definition) is 0. The van der Waals surface area contributed by atoms with E-state index < -0.39 is 0 Å². The normalized spacial score (nSPS) is 14.8. The molecular formula is C33H50. The van der Waals surface area contributed by atoms with E-state index in [0.29, 0.717) is 5.92 Å². The van der Waals surface area contributed by atoms with Crippen LogP contribution in [0.4, 0.5) is 0 Å². The van der Waals surface area contributed by atoms with Crippen molar-refractivity contribution in [2.45, 2.75) is 101 Å². The van der Waals surface area contributed by atoms with Crippen molar-refractivity contribution in [3.63, 3.8) is 0 Å². The Kier molecular flexibility index (Phi) is 13.1. The molecule has 3 atom stereocenters. The molecule has 0 fully saturated rings. The van der Waals surface area contributed by atoms with Crippen LogP contribution in [0.15, 0.2) is 60.2 Å². The molecule has 182 valence electrons. The zero-order valence-corrected chi connectivity index (χ0v) is 23.3. The van der Waals surface area contributed by atoms with Crippen LogP contribution in [0.25, 0.3) is 5.57 Å². The monoisotopic (exact) mass is 446 g/mol. The van der Waals surface area contributed by atoms with Crippen LogP contribution in [0.2, 0.25) is 0 Å². The van der Waals surface area contributed by atoms with Crippen molar-refractivity contribution in [2.75, 3.05) is 0 Å². The van der Waals surface area contributed by atoms with Crippen LogP contribution in [-0.2, 0) is 6.42 Å². The van der Waals surface area contributed by atoms with Crippen LogP contribution in [0, 0.1) is 25.7 Å². The van der Waals surface area contributed by atoms with E-state index >= 15 is 0 Å². The highest BCUT2D eigenvalue weighted by molar-refractivity contribution is 5.65. The van der Waals surface area contributed by atoms with Gasteiger partial charge in [-0.1, -0.05) is 114 Å². The average molecular weight is 447 g/mol. The maximum atomic E-state index is 2.46. The van der Waals surface area contributed by atoms with Gasteiger partial charge in [0.25, 0.3) is 0 Å². The first-order valence-electron chi connectivity index (χ1n) is 13.2. The van der Waals surface area contributed by atoms with E-state index in [9.17, 15) is 0 Å². The molecule has 0 N–H and O–H groups in total. The fraction of sp³-hybridized carbons (Fsp3) is 0.515. The maximum absolute atomic E-state index is 2.46. The summed E-state index contributed by atoms with van der Waals surface area (Å²) in [4.78, 5) is 0. The topological polar surface area (TPSA) is 0 Å². The van der Waals surface area contributed by atoms with Crippen LogP contribution in [-0.4, -0.2) is 0 Å². The van der Waals surface area contributed by atoms with Crippen molar-refractivity contribution in [1.29, 1.82) is 0 Å². The molecule has 0 bridgehead atoms. The highest BCUT2D eigenvalue weighted by atomic mass is 14.2. The lowest BCUT2D eigenvalue weighted by Gasteiger charge is -2.21. The van der Waals surface area contributed by atoms with Crippen molar-refractivity contribution >= 4 is 5.57 Å². The summed E-state index contributed by atoms with van der Waals surface area (Å²) >= 11 is 0. The molecule has 0 aliphatic carbocycles. The fourth-order valence-electron chi connectivity index (χ4n) is 4.42. The summed E-state index contributed by atoms with van der Waals surface area (Å²) in [5, 5.41) is 0. The summed E-state index contributed by atoms with van der Waals surface area (Å²) in [6, 6.07) is 15.9. The minimum absolute atomic E-state index is 0.617. The van der Waals surface area contributed by atoms with Crippen molar-refractivity contribution in [3.8, 4) is 0 Å². The van der Waals surface area contributed by atoms with Gasteiger partial charge in [-0.2, -0.15) is 0 Å². The Labute approximate surface area is 206 Å². The number of aryl methyl sites for hydroxylation is 2. The van der Waals surface area contributed by atoms with E-state index in [1.54, 1.807) is 0 Å². The van der Waals surface area contributed by atoms with Gasteiger partial charge in [0.05, 0.1) is 0 Å². The highest BCUT2D eigenvalue weighted by Gasteiger charge is 2.14. The van der Waals surface area contributed by atoms with Gasteiger partial charge in [-0.15, -0.1) is 0 Å². The zero-order chi connectivity index (χ0) is 25.0. The lowest BCUT2D eigenvalue weighted by molar-refractivity contribution is 0.369. The van der Waals surface area contributed by atoms with Crippen LogP contribution in [0.1, 0.15) is 108 Å². The second-order valence-electron chi connectivity index (χ2n) is 10.1. The SMILES string of the molecule is CC.CCC(C)CC(C)CC(C)c1ccc(C)c(C/C(C)=C/C=C(\C)c2ccc(C)cc2)c1. The smallest absolute Gasteiger partial charge is 0.00640 e. The third-order valence-corrected chi connectivity index (χ3v) is 6.79. The molecule has 2 aromatic carbocycles. The first-order chi connectivity index (χ1) is 15.7. The highest BCUT2D eigenvalue weighted by Crippen LogP contribution is 2.29. The largest absolute Gasteiger partial charge is 0.0689 e. The summed E-state index contributed by atoms with van der Waals surface area (Å²) in [6.45, 7) is 22.3. The first kappa shape index (κ1) is 29.0. The molecule has 0 heteroatoms. The minimum Gasteiger partial charge on any atom is -0.0689 e. The third kappa shape index (κ3) is 10.2. The Hall–Kier alpha value is -2.08. The Morgan fingerprint density at radius 2 is 1.45 bits per heavy atom. The van der Waals surface area contributed by atoms with Crippen LogP contribution in [0.5, 0.6) is 0 Å². The predicted octanol–water partition coefficient (Wildman–Crippen LogP) is 10.5. The molecule has 0 spiro atoms. The molecular weight excluding hydrogens is 396 g/mol. The van der Waals surface area contributed by atoms with E-state index in [1.807, 2.05) is 13.8 Å². The number of benzene rings is 2. The molecule has 2 rings (SSSR count). The fourth-order valence-corrected chi connectivity index (χ4v) is 4.42. The van der Waals surface area contributed by atoms with Crippen LogP contribution in [0.3, 0.4) is 0 Å². The summed E-state index contributed by atoms with van der Waals surface area (Å²) in [5.41, 5.74) is 9.69. The summed E-state index contributed by atoms with van der Waals surface area (Å²) in [7, 11) is 0. The average Bonchev–Trinajstić information content (AvgIpc) is 2.80. The van der Waals surface area contributed by atoms with E-state index in [1.165, 1.54) is 58.2 Å². The molecule has 33 heavy (non-hydrogen) atoms. The molecule has 0 amide bonds. The quantitative estimate of drug-likeness (QED) is 0.318. The summed E-state index contributed by atoms with van der Waals surface area (Å²) < 4.78 is 0.